The molecule has 0 aromatic heterocycles. The molecule has 0 atom stereocenters. The van der Waals surface area contributed by atoms with Crippen molar-refractivity contribution in [3.63, 3.8) is 0 Å². The quantitative estimate of drug-likeness (QED) is 0.258. The van der Waals surface area contributed by atoms with Crippen molar-refractivity contribution >= 4 is 15.8 Å². The van der Waals surface area contributed by atoms with Crippen LogP contribution in [0.1, 0.15) is 0 Å². The number of nitrogens with zero attached hydrogens (tertiary/aromatic N) is 1. The number of phenols is 1. The van der Waals surface area contributed by atoms with Gasteiger partial charge in [0.1, 0.15) is 20.8 Å². The minimum Gasteiger partial charge on any atom is -0.744 e. The average molecular weight is 241 g/mol. The Morgan fingerprint density at radius 3 is 2.27 bits per heavy atom. The number of rotatable bonds is 2. The van der Waals surface area contributed by atoms with Gasteiger partial charge in [-0.2, -0.15) is 0 Å². The van der Waals surface area contributed by atoms with E-state index in [0.717, 1.165) is 12.1 Å². The van der Waals surface area contributed by atoms with E-state index in [0.29, 0.717) is 6.07 Å². The molecule has 15 heavy (non-hydrogen) atoms. The van der Waals surface area contributed by atoms with Crippen LogP contribution in [-0.2, 0) is 10.1 Å². The van der Waals surface area contributed by atoms with Crippen LogP contribution in [0.5, 0.6) is 5.75 Å². The van der Waals surface area contributed by atoms with E-state index in [1.807, 2.05) is 0 Å². The van der Waals surface area contributed by atoms with Crippen LogP contribution in [-0.4, -0.2) is 23.0 Å². The molecular weight excluding hydrogens is 237 g/mol. The Kier molecular flexibility index (Phi) is 4.68. The third kappa shape index (κ3) is 3.43. The summed E-state index contributed by atoms with van der Waals surface area (Å²) in [4.78, 5) is 8.25. The predicted molar refractivity (Wildman–Crippen MR) is 42.7 cm³/mol. The van der Waals surface area contributed by atoms with Crippen LogP contribution >= 0.6 is 0 Å². The van der Waals surface area contributed by atoms with Gasteiger partial charge in [0, 0.05) is 12.1 Å². The molecule has 1 rings (SSSR count). The molecule has 9 heteroatoms. The molecule has 0 aliphatic heterocycles. The first-order valence-electron chi connectivity index (χ1n) is 3.25. The Hall–Kier alpha value is -0.670. The van der Waals surface area contributed by atoms with Gasteiger partial charge in [-0.3, -0.25) is 10.1 Å². The average Bonchev–Trinajstić information content (AvgIpc) is 2.01. The first kappa shape index (κ1) is 14.3. The van der Waals surface area contributed by atoms with Crippen LogP contribution in [0, 0.1) is 10.1 Å². The Morgan fingerprint density at radius 1 is 1.33 bits per heavy atom. The summed E-state index contributed by atoms with van der Waals surface area (Å²) in [5, 5.41) is 19.2. The molecular formula is C6H4NNaO6S. The number of benzene rings is 1. The molecule has 1 aromatic carbocycles. The van der Waals surface area contributed by atoms with Crippen LogP contribution < -0.4 is 29.6 Å². The standard InChI is InChI=1S/C6H5NO6S.Na/c8-4-1-2-5(7(9)10)6(3-4)14(11,12)13;/h1-3,8H,(H,11,12,13);/q;+1/p-1. The molecule has 0 aliphatic rings. The van der Waals surface area contributed by atoms with Crippen LogP contribution in [0.15, 0.2) is 23.1 Å². The molecule has 76 valence electrons. The maximum Gasteiger partial charge on any atom is 1.00 e. The second-order valence-corrected chi connectivity index (χ2v) is 3.71. The number of hydrogen-bond donors (Lipinski definition) is 1. The van der Waals surface area contributed by atoms with Gasteiger partial charge < -0.3 is 9.66 Å². The topological polar surface area (TPSA) is 121 Å². The number of nitro benzene ring substituents is 1. The van der Waals surface area contributed by atoms with Crippen LogP contribution in [0.4, 0.5) is 5.69 Å². The molecule has 0 saturated heterocycles. The van der Waals surface area contributed by atoms with Gasteiger partial charge in [-0.15, -0.1) is 0 Å². The monoisotopic (exact) mass is 241 g/mol. The number of phenolic OH excluding ortho intramolecular Hbond substituents is 1. The third-order valence-corrected chi connectivity index (χ3v) is 2.28. The summed E-state index contributed by atoms with van der Waals surface area (Å²) in [6.45, 7) is 0. The maximum absolute atomic E-state index is 10.5. The van der Waals surface area contributed by atoms with Gasteiger partial charge in [-0.25, -0.2) is 8.42 Å². The van der Waals surface area contributed by atoms with Crippen molar-refractivity contribution in [1.29, 1.82) is 0 Å². The SMILES string of the molecule is O=[N+]([O-])c1ccc(O)cc1S(=O)(=O)[O-].[Na+]. The normalized spacial score (nSPS) is 10.5. The molecule has 0 fully saturated rings. The fourth-order valence-corrected chi connectivity index (χ4v) is 1.52. The summed E-state index contributed by atoms with van der Waals surface area (Å²) >= 11 is 0. The third-order valence-electron chi connectivity index (χ3n) is 1.41. The summed E-state index contributed by atoms with van der Waals surface area (Å²) in [5.74, 6) is -0.523. The summed E-state index contributed by atoms with van der Waals surface area (Å²) in [6, 6.07) is 2.22. The fraction of sp³-hybridized carbons (Fsp3) is 0. The molecule has 0 amide bonds. The van der Waals surface area contributed by atoms with E-state index < -0.39 is 31.4 Å². The minimum absolute atomic E-state index is 0. The first-order valence-corrected chi connectivity index (χ1v) is 4.66. The summed E-state index contributed by atoms with van der Waals surface area (Å²) in [7, 11) is -4.95. The predicted octanol–water partition coefficient (Wildman–Crippen LogP) is -2.79. The maximum atomic E-state index is 10.5. The molecule has 7 nitrogen and oxygen atoms in total. The molecule has 0 spiro atoms. The molecule has 0 saturated carbocycles. The van der Waals surface area contributed by atoms with Gasteiger partial charge in [0.25, 0.3) is 5.69 Å². The van der Waals surface area contributed by atoms with Crippen LogP contribution in [0.2, 0.25) is 0 Å². The van der Waals surface area contributed by atoms with Crippen molar-refractivity contribution in [1.82, 2.24) is 0 Å². The van der Waals surface area contributed by atoms with Crippen molar-refractivity contribution in [3.05, 3.63) is 28.3 Å². The van der Waals surface area contributed by atoms with Crippen molar-refractivity contribution < 1.29 is 52.6 Å². The molecule has 0 bridgehead atoms. The van der Waals surface area contributed by atoms with Gasteiger partial charge in [0.15, 0.2) is 0 Å². The summed E-state index contributed by atoms with van der Waals surface area (Å²) in [5.41, 5.74) is -0.849. The molecule has 0 aliphatic carbocycles. The Bertz CT molecular complexity index is 484. The molecule has 0 heterocycles. The van der Waals surface area contributed by atoms with Gasteiger partial charge in [-0.05, 0) is 6.07 Å². The van der Waals surface area contributed by atoms with Gasteiger partial charge in [0.2, 0.25) is 0 Å². The fourth-order valence-electron chi connectivity index (χ4n) is 0.854. The number of nitro groups is 1. The Balaban J connectivity index is 0.00000196. The van der Waals surface area contributed by atoms with Crippen molar-refractivity contribution in [2.24, 2.45) is 0 Å². The Labute approximate surface area is 107 Å². The van der Waals surface area contributed by atoms with E-state index in [1.54, 1.807) is 0 Å². The zero-order valence-corrected chi connectivity index (χ0v) is 10.4. The van der Waals surface area contributed by atoms with Gasteiger partial charge >= 0.3 is 29.6 Å². The number of aromatic hydroxyl groups is 1. The molecule has 0 unspecified atom stereocenters. The Morgan fingerprint density at radius 2 is 1.87 bits per heavy atom. The van der Waals surface area contributed by atoms with Gasteiger partial charge in [-0.1, -0.05) is 0 Å². The second-order valence-electron chi connectivity index (χ2n) is 2.36. The zero-order chi connectivity index (χ0) is 10.9. The first-order chi connectivity index (χ1) is 6.32. The van der Waals surface area contributed by atoms with Crippen molar-refractivity contribution in [2.75, 3.05) is 0 Å². The van der Waals surface area contributed by atoms with E-state index in [-0.39, 0.29) is 29.6 Å². The largest absolute Gasteiger partial charge is 1.00 e. The van der Waals surface area contributed by atoms with Crippen molar-refractivity contribution in [3.8, 4) is 5.75 Å². The summed E-state index contributed by atoms with van der Waals surface area (Å²) < 4.78 is 31.6. The van der Waals surface area contributed by atoms with Gasteiger partial charge in [0.05, 0.1) is 4.92 Å². The van der Waals surface area contributed by atoms with Crippen LogP contribution in [0.3, 0.4) is 0 Å². The minimum atomic E-state index is -4.95. The summed E-state index contributed by atoms with van der Waals surface area (Å²) in [6.07, 6.45) is 0. The van der Waals surface area contributed by atoms with Crippen molar-refractivity contribution in [2.45, 2.75) is 4.90 Å². The molecule has 1 N–H and O–H groups in total. The van der Waals surface area contributed by atoms with E-state index >= 15 is 0 Å². The molecule has 1 aromatic rings. The van der Waals surface area contributed by atoms with E-state index in [2.05, 4.69) is 0 Å². The van der Waals surface area contributed by atoms with E-state index in [1.165, 1.54) is 0 Å². The second kappa shape index (κ2) is 4.90. The number of hydrogen-bond acceptors (Lipinski definition) is 6. The molecule has 0 radical (unpaired) electrons. The van der Waals surface area contributed by atoms with E-state index in [4.69, 9.17) is 5.11 Å². The van der Waals surface area contributed by atoms with Crippen LogP contribution in [0.25, 0.3) is 0 Å². The smallest absolute Gasteiger partial charge is 0.744 e. The van der Waals surface area contributed by atoms with E-state index in [9.17, 15) is 23.1 Å². The zero-order valence-electron chi connectivity index (χ0n) is 7.58.